The molecule has 0 aromatic heterocycles. The van der Waals surface area contributed by atoms with Crippen molar-refractivity contribution in [3.8, 4) is 11.5 Å². The van der Waals surface area contributed by atoms with Crippen LogP contribution >= 0.6 is 0 Å². The van der Waals surface area contributed by atoms with E-state index in [9.17, 15) is 40.9 Å². The first-order valence-corrected chi connectivity index (χ1v) is 10.4. The van der Waals surface area contributed by atoms with Crippen molar-refractivity contribution in [2.45, 2.75) is 67.8 Å². The Kier molecular flexibility index (Phi) is 8.82. The summed E-state index contributed by atoms with van der Waals surface area (Å²) in [7, 11) is 0. The minimum absolute atomic E-state index is 0.0852. The number of aliphatic hydroxyl groups excluding tert-OH is 8. The van der Waals surface area contributed by atoms with Gasteiger partial charge in [-0.3, -0.25) is 0 Å². The summed E-state index contributed by atoms with van der Waals surface area (Å²) in [6, 6.07) is 4.31. The number of ether oxygens (including phenoxy) is 4. The van der Waals surface area contributed by atoms with Crippen LogP contribution in [0.2, 0.25) is 0 Å². The molecule has 0 amide bonds. The van der Waals surface area contributed by atoms with Crippen LogP contribution in [0.25, 0.3) is 0 Å². The van der Waals surface area contributed by atoms with E-state index in [1.165, 1.54) is 12.1 Å². The van der Waals surface area contributed by atoms with Crippen LogP contribution in [-0.4, -0.2) is 127 Å². The quantitative estimate of drug-likeness (QED) is 0.174. The topological polar surface area (TPSA) is 219 Å². The molecule has 1 aromatic carbocycles. The first-order chi connectivity index (χ1) is 15.7. The van der Waals surface area contributed by atoms with Gasteiger partial charge < -0.3 is 64.9 Å². The average molecular weight is 478 g/mol. The lowest BCUT2D eigenvalue weighted by atomic mass is 9.98. The molecular weight excluding hydrogens is 448 g/mol. The third-order valence-corrected chi connectivity index (χ3v) is 5.61. The molecular formula is C20H30O13. The van der Waals surface area contributed by atoms with E-state index >= 15 is 0 Å². The number of benzene rings is 1. The van der Waals surface area contributed by atoms with Gasteiger partial charge in [-0.2, -0.15) is 0 Å². The molecule has 0 aliphatic carbocycles. The first kappa shape index (κ1) is 26.0. The molecule has 1 aromatic rings. The average Bonchev–Trinajstić information content (AvgIpc) is 2.80. The lowest BCUT2D eigenvalue weighted by Gasteiger charge is -2.42. The minimum Gasteiger partial charge on any atom is -0.504 e. The molecule has 13 nitrogen and oxygen atoms in total. The lowest BCUT2D eigenvalue weighted by molar-refractivity contribution is -0.323. The maximum atomic E-state index is 10.3. The fraction of sp³-hybridized carbons (Fsp3) is 0.700. The number of phenols is 1. The van der Waals surface area contributed by atoms with E-state index in [0.29, 0.717) is 12.0 Å². The zero-order valence-electron chi connectivity index (χ0n) is 17.5. The van der Waals surface area contributed by atoms with Crippen LogP contribution in [0.1, 0.15) is 5.56 Å². The molecule has 33 heavy (non-hydrogen) atoms. The molecule has 2 aliphatic heterocycles. The molecule has 188 valence electrons. The van der Waals surface area contributed by atoms with Crippen LogP contribution in [0, 0.1) is 0 Å². The van der Waals surface area contributed by atoms with Gasteiger partial charge in [-0.15, -0.1) is 0 Å². The van der Waals surface area contributed by atoms with Gasteiger partial charge in [0.1, 0.15) is 48.8 Å². The van der Waals surface area contributed by atoms with Crippen molar-refractivity contribution in [2.75, 3.05) is 19.8 Å². The summed E-state index contributed by atoms with van der Waals surface area (Å²) >= 11 is 0. The van der Waals surface area contributed by atoms with Crippen molar-refractivity contribution in [3.05, 3.63) is 23.8 Å². The van der Waals surface area contributed by atoms with E-state index < -0.39 is 74.6 Å². The summed E-state index contributed by atoms with van der Waals surface area (Å²) in [4.78, 5) is 0. The van der Waals surface area contributed by atoms with Crippen LogP contribution in [0.4, 0.5) is 0 Å². The van der Waals surface area contributed by atoms with E-state index in [0.717, 1.165) is 0 Å². The summed E-state index contributed by atoms with van der Waals surface area (Å²) in [6.07, 6.45) is -15.2. The molecule has 2 saturated heterocycles. The zero-order valence-corrected chi connectivity index (χ0v) is 17.5. The highest BCUT2D eigenvalue weighted by Crippen LogP contribution is 2.32. The van der Waals surface area contributed by atoms with Gasteiger partial charge in [0, 0.05) is 6.61 Å². The van der Waals surface area contributed by atoms with E-state index in [2.05, 4.69) is 0 Å². The molecule has 0 unspecified atom stereocenters. The van der Waals surface area contributed by atoms with Crippen molar-refractivity contribution < 1.29 is 64.9 Å². The smallest absolute Gasteiger partial charge is 0.229 e. The summed E-state index contributed by atoms with van der Waals surface area (Å²) < 4.78 is 21.5. The second-order valence-electron chi connectivity index (χ2n) is 7.94. The van der Waals surface area contributed by atoms with E-state index in [1.54, 1.807) is 6.07 Å². The summed E-state index contributed by atoms with van der Waals surface area (Å²) in [6.45, 7) is -1.28. The van der Waals surface area contributed by atoms with Crippen molar-refractivity contribution in [1.29, 1.82) is 0 Å². The van der Waals surface area contributed by atoms with Crippen molar-refractivity contribution in [1.82, 2.24) is 0 Å². The molecule has 2 fully saturated rings. The summed E-state index contributed by atoms with van der Waals surface area (Å²) in [5, 5.41) is 88.7. The predicted molar refractivity (Wildman–Crippen MR) is 106 cm³/mol. The Morgan fingerprint density at radius 3 is 1.97 bits per heavy atom. The van der Waals surface area contributed by atoms with E-state index in [4.69, 9.17) is 24.1 Å². The van der Waals surface area contributed by atoms with Crippen LogP contribution in [0.3, 0.4) is 0 Å². The Hall–Kier alpha value is -1.62. The fourth-order valence-corrected chi connectivity index (χ4v) is 3.62. The SMILES string of the molecule is OCCc1ccc(O[C@@H]2O[C@H](CO[C@@H]3O[C@H](CO)[C@@H](O)[C@H](O)[C@H]3O)[C@@H](O)[C@H](O)[C@H]2O)c(O)c1. The monoisotopic (exact) mass is 478 g/mol. The second-order valence-corrected chi connectivity index (χ2v) is 7.94. The van der Waals surface area contributed by atoms with Gasteiger partial charge in [-0.05, 0) is 24.1 Å². The Bertz CT molecular complexity index is 761. The van der Waals surface area contributed by atoms with Crippen molar-refractivity contribution in [2.24, 2.45) is 0 Å². The number of aliphatic hydroxyl groups is 8. The van der Waals surface area contributed by atoms with Crippen molar-refractivity contribution in [3.63, 3.8) is 0 Å². The third kappa shape index (κ3) is 5.72. The minimum atomic E-state index is -1.72. The van der Waals surface area contributed by atoms with Crippen LogP contribution < -0.4 is 4.74 Å². The lowest BCUT2D eigenvalue weighted by Crippen LogP contribution is -2.62. The molecule has 0 bridgehead atoms. The third-order valence-electron chi connectivity index (χ3n) is 5.61. The maximum Gasteiger partial charge on any atom is 0.229 e. The van der Waals surface area contributed by atoms with Gasteiger partial charge in [0.25, 0.3) is 0 Å². The molecule has 2 heterocycles. The van der Waals surface area contributed by atoms with Crippen LogP contribution in [-0.2, 0) is 20.6 Å². The van der Waals surface area contributed by atoms with Gasteiger partial charge in [-0.25, -0.2) is 0 Å². The van der Waals surface area contributed by atoms with Gasteiger partial charge >= 0.3 is 0 Å². The Balaban J connectivity index is 1.66. The van der Waals surface area contributed by atoms with E-state index in [1.807, 2.05) is 0 Å². The number of rotatable bonds is 8. The first-order valence-electron chi connectivity index (χ1n) is 10.4. The van der Waals surface area contributed by atoms with Crippen LogP contribution in [0.15, 0.2) is 18.2 Å². The molecule has 0 radical (unpaired) electrons. The second kappa shape index (κ2) is 11.2. The highest BCUT2D eigenvalue weighted by molar-refractivity contribution is 5.42. The number of phenolic OH excluding ortho intramolecular Hbond substituents is 1. The number of hydrogen-bond donors (Lipinski definition) is 9. The highest BCUT2D eigenvalue weighted by Gasteiger charge is 2.48. The Labute approximate surface area is 188 Å². The molecule has 9 N–H and O–H groups in total. The van der Waals surface area contributed by atoms with Gasteiger partial charge in [0.15, 0.2) is 17.8 Å². The Morgan fingerprint density at radius 1 is 0.758 bits per heavy atom. The highest BCUT2D eigenvalue weighted by atomic mass is 16.7. The zero-order chi connectivity index (χ0) is 24.3. The molecule has 2 aliphatic rings. The van der Waals surface area contributed by atoms with Crippen molar-refractivity contribution >= 4 is 0 Å². The number of hydrogen-bond acceptors (Lipinski definition) is 13. The normalized spacial score (nSPS) is 39.4. The van der Waals surface area contributed by atoms with Gasteiger partial charge in [0.2, 0.25) is 6.29 Å². The molecule has 10 atom stereocenters. The maximum absolute atomic E-state index is 10.3. The molecule has 3 rings (SSSR count). The van der Waals surface area contributed by atoms with Crippen LogP contribution in [0.5, 0.6) is 11.5 Å². The van der Waals surface area contributed by atoms with E-state index in [-0.39, 0.29) is 18.1 Å². The summed E-state index contributed by atoms with van der Waals surface area (Å²) in [5.41, 5.74) is 0.633. The summed E-state index contributed by atoms with van der Waals surface area (Å²) in [5.74, 6) is -0.385. The molecule has 13 heteroatoms. The number of aromatic hydroxyl groups is 1. The Morgan fingerprint density at radius 2 is 1.36 bits per heavy atom. The fourth-order valence-electron chi connectivity index (χ4n) is 3.62. The predicted octanol–water partition coefficient (Wildman–Crippen LogP) is -4.07. The standard InChI is InChI=1S/C20H30O13/c21-4-3-8-1-2-10(9(23)5-8)31-20-18(29)16(27)14(25)12(33-20)7-30-19-17(28)15(26)13(24)11(6-22)32-19/h1-2,5,11-29H,3-4,6-7H2/t11-,12-,13-,14-,15+,16+,17-,18-,19-,20-/m1/s1. The van der Waals surface area contributed by atoms with Gasteiger partial charge in [-0.1, -0.05) is 6.07 Å². The molecule has 0 saturated carbocycles. The van der Waals surface area contributed by atoms with Gasteiger partial charge in [0.05, 0.1) is 13.2 Å². The largest absolute Gasteiger partial charge is 0.504 e. The molecule has 0 spiro atoms.